The molecule has 0 atom stereocenters. The Labute approximate surface area is 171 Å². The van der Waals surface area contributed by atoms with Crippen LogP contribution >= 0.6 is 23.1 Å². The number of carbonyl (C=O) groups is 1. The zero-order valence-electron chi connectivity index (χ0n) is 16.2. The molecular weight excluding hydrogens is 397 g/mol. The van der Waals surface area contributed by atoms with Crippen LogP contribution in [0.2, 0.25) is 0 Å². The maximum absolute atomic E-state index is 13.3. The molecule has 0 fully saturated rings. The highest BCUT2D eigenvalue weighted by Gasteiger charge is 2.18. The molecule has 3 aromatic rings. The molecule has 0 aliphatic carbocycles. The van der Waals surface area contributed by atoms with Crippen molar-refractivity contribution in [3.63, 3.8) is 0 Å². The number of benzene rings is 1. The summed E-state index contributed by atoms with van der Waals surface area (Å²) in [5.41, 5.74) is 1.31. The highest BCUT2D eigenvalue weighted by molar-refractivity contribution is 7.99. The number of carbonyl (C=O) groups excluding carboxylic acids is 1. The molecule has 0 spiro atoms. The Morgan fingerprint density at radius 3 is 2.79 bits per heavy atom. The van der Waals surface area contributed by atoms with E-state index in [4.69, 9.17) is 0 Å². The molecule has 148 valence electrons. The number of fused-ring (bicyclic) bond motifs is 1. The Balaban J connectivity index is 1.87. The van der Waals surface area contributed by atoms with Crippen molar-refractivity contribution < 1.29 is 9.18 Å². The minimum Gasteiger partial charge on any atom is -0.325 e. The lowest BCUT2D eigenvalue weighted by Crippen LogP contribution is -2.26. The molecule has 2 heterocycles. The number of rotatable bonds is 6. The van der Waals surface area contributed by atoms with Crippen LogP contribution in [0.3, 0.4) is 0 Å². The Kier molecular flexibility index (Phi) is 6.20. The van der Waals surface area contributed by atoms with E-state index in [-0.39, 0.29) is 23.1 Å². The number of thioether (sulfide) groups is 1. The summed E-state index contributed by atoms with van der Waals surface area (Å²) in [5.74, 6) is -0.348. The molecule has 2 aromatic heterocycles. The van der Waals surface area contributed by atoms with E-state index in [1.807, 2.05) is 27.7 Å². The largest absolute Gasteiger partial charge is 0.325 e. The second kappa shape index (κ2) is 8.45. The smallest absolute Gasteiger partial charge is 0.263 e. The average Bonchev–Trinajstić information content (AvgIpc) is 2.90. The van der Waals surface area contributed by atoms with E-state index in [9.17, 15) is 14.0 Å². The first-order valence-corrected chi connectivity index (χ1v) is 10.7. The lowest BCUT2D eigenvalue weighted by molar-refractivity contribution is -0.113. The number of thiophene rings is 1. The van der Waals surface area contributed by atoms with Crippen molar-refractivity contribution in [2.24, 2.45) is 5.92 Å². The molecule has 0 bridgehead atoms. The molecule has 0 unspecified atom stereocenters. The fourth-order valence-corrected chi connectivity index (χ4v) is 4.72. The summed E-state index contributed by atoms with van der Waals surface area (Å²) in [6.45, 7) is 8.52. The van der Waals surface area contributed by atoms with Crippen molar-refractivity contribution in [3.8, 4) is 0 Å². The van der Waals surface area contributed by atoms with Crippen LogP contribution in [0.25, 0.3) is 10.2 Å². The third kappa shape index (κ3) is 4.44. The van der Waals surface area contributed by atoms with Gasteiger partial charge < -0.3 is 5.32 Å². The van der Waals surface area contributed by atoms with Crippen molar-refractivity contribution in [1.29, 1.82) is 0 Å². The Morgan fingerprint density at radius 2 is 2.11 bits per heavy atom. The maximum atomic E-state index is 13.3. The van der Waals surface area contributed by atoms with Crippen LogP contribution in [0, 0.1) is 25.6 Å². The van der Waals surface area contributed by atoms with Gasteiger partial charge in [-0.05, 0) is 43.5 Å². The van der Waals surface area contributed by atoms with Crippen molar-refractivity contribution >= 4 is 44.9 Å². The fraction of sp³-hybridized carbons (Fsp3) is 0.350. The zero-order chi connectivity index (χ0) is 20.4. The summed E-state index contributed by atoms with van der Waals surface area (Å²) in [7, 11) is 0. The van der Waals surface area contributed by atoms with Gasteiger partial charge in [0.2, 0.25) is 5.91 Å². The van der Waals surface area contributed by atoms with Crippen LogP contribution in [0.5, 0.6) is 0 Å². The number of hydrogen-bond acceptors (Lipinski definition) is 5. The van der Waals surface area contributed by atoms with Crippen LogP contribution < -0.4 is 10.9 Å². The van der Waals surface area contributed by atoms with Crippen molar-refractivity contribution in [2.75, 3.05) is 11.1 Å². The van der Waals surface area contributed by atoms with Gasteiger partial charge in [-0.1, -0.05) is 31.7 Å². The van der Waals surface area contributed by atoms with Crippen molar-refractivity contribution in [1.82, 2.24) is 9.55 Å². The number of nitrogens with zero attached hydrogens (tertiary/aromatic N) is 2. The second-order valence-electron chi connectivity index (χ2n) is 7.01. The zero-order valence-corrected chi connectivity index (χ0v) is 17.8. The van der Waals surface area contributed by atoms with Crippen LogP contribution in [0.15, 0.2) is 34.2 Å². The standard InChI is InChI=1S/C20H22FN3O2S2/c1-11(2)9-24-19(26)17-12(3)13(4)28-18(17)23-20(24)27-10-16(25)22-15-7-5-6-14(21)8-15/h5-8,11H,9-10H2,1-4H3,(H,22,25). The average molecular weight is 420 g/mol. The Hall–Kier alpha value is -2.19. The molecule has 1 N–H and O–H groups in total. The molecule has 8 heteroatoms. The van der Waals surface area contributed by atoms with Crippen LogP contribution in [0.4, 0.5) is 10.1 Å². The van der Waals surface area contributed by atoms with Gasteiger partial charge in [0, 0.05) is 17.1 Å². The highest BCUT2D eigenvalue weighted by atomic mass is 32.2. The van der Waals surface area contributed by atoms with Crippen LogP contribution in [-0.2, 0) is 11.3 Å². The van der Waals surface area contributed by atoms with Gasteiger partial charge in [0.1, 0.15) is 10.6 Å². The van der Waals surface area contributed by atoms with Crippen molar-refractivity contribution in [2.45, 2.75) is 39.4 Å². The van der Waals surface area contributed by atoms with Gasteiger partial charge in [-0.2, -0.15) is 0 Å². The van der Waals surface area contributed by atoms with E-state index in [2.05, 4.69) is 10.3 Å². The first-order chi connectivity index (χ1) is 13.3. The van der Waals surface area contributed by atoms with Crippen molar-refractivity contribution in [3.05, 3.63) is 50.9 Å². The first kappa shape index (κ1) is 20.5. The number of aryl methyl sites for hydroxylation is 2. The number of amides is 1. The first-order valence-electron chi connectivity index (χ1n) is 8.95. The minimum atomic E-state index is -0.410. The van der Waals surface area contributed by atoms with Gasteiger partial charge in [0.05, 0.1) is 11.1 Å². The predicted octanol–water partition coefficient (Wildman–Crippen LogP) is 4.60. The predicted molar refractivity (Wildman–Crippen MR) is 114 cm³/mol. The topological polar surface area (TPSA) is 64.0 Å². The third-order valence-corrected chi connectivity index (χ3v) is 6.32. The van der Waals surface area contributed by atoms with E-state index in [0.29, 0.717) is 27.6 Å². The summed E-state index contributed by atoms with van der Waals surface area (Å²) >= 11 is 2.71. The van der Waals surface area contributed by atoms with Gasteiger partial charge >= 0.3 is 0 Å². The molecule has 1 amide bonds. The van der Waals surface area contributed by atoms with Gasteiger partial charge in [-0.25, -0.2) is 9.37 Å². The third-order valence-electron chi connectivity index (χ3n) is 4.24. The molecule has 5 nitrogen and oxygen atoms in total. The molecule has 0 saturated carbocycles. The molecule has 1 aromatic carbocycles. The lowest BCUT2D eigenvalue weighted by atomic mass is 10.2. The van der Waals surface area contributed by atoms with Crippen LogP contribution in [-0.4, -0.2) is 21.2 Å². The van der Waals surface area contributed by atoms with Gasteiger partial charge in [0.25, 0.3) is 5.56 Å². The van der Waals surface area contributed by atoms with Crippen LogP contribution in [0.1, 0.15) is 24.3 Å². The number of anilines is 1. The van der Waals surface area contributed by atoms with Gasteiger partial charge in [0.15, 0.2) is 5.16 Å². The quantitative estimate of drug-likeness (QED) is 0.468. The van der Waals surface area contributed by atoms with E-state index >= 15 is 0 Å². The molecule has 28 heavy (non-hydrogen) atoms. The highest BCUT2D eigenvalue weighted by Crippen LogP contribution is 2.28. The number of halogens is 1. The van der Waals surface area contributed by atoms with Gasteiger partial charge in [-0.3, -0.25) is 14.2 Å². The van der Waals surface area contributed by atoms with E-state index in [0.717, 1.165) is 10.4 Å². The second-order valence-corrected chi connectivity index (χ2v) is 9.16. The van der Waals surface area contributed by atoms with E-state index in [1.165, 1.54) is 41.3 Å². The molecular formula is C20H22FN3O2S2. The molecule has 0 aliphatic rings. The number of nitrogens with one attached hydrogen (secondary N) is 1. The summed E-state index contributed by atoms with van der Waals surface area (Å²) < 4.78 is 14.9. The summed E-state index contributed by atoms with van der Waals surface area (Å²) in [6.07, 6.45) is 0. The summed E-state index contributed by atoms with van der Waals surface area (Å²) in [6, 6.07) is 5.75. The molecule has 0 aliphatic heterocycles. The fourth-order valence-electron chi connectivity index (χ4n) is 2.84. The van der Waals surface area contributed by atoms with E-state index in [1.54, 1.807) is 10.6 Å². The monoisotopic (exact) mass is 419 g/mol. The number of hydrogen-bond donors (Lipinski definition) is 1. The molecule has 0 saturated heterocycles. The molecule has 0 radical (unpaired) electrons. The SMILES string of the molecule is Cc1sc2nc(SCC(=O)Nc3cccc(F)c3)n(CC(C)C)c(=O)c2c1C. The Morgan fingerprint density at radius 1 is 1.36 bits per heavy atom. The Bertz CT molecular complexity index is 1090. The normalized spacial score (nSPS) is 11.4. The van der Waals surface area contributed by atoms with E-state index < -0.39 is 5.82 Å². The minimum absolute atomic E-state index is 0.0615. The van der Waals surface area contributed by atoms with Gasteiger partial charge in [-0.15, -0.1) is 11.3 Å². The summed E-state index contributed by atoms with van der Waals surface area (Å²) in [5, 5.41) is 3.86. The summed E-state index contributed by atoms with van der Waals surface area (Å²) in [4.78, 5) is 31.8. The number of aromatic nitrogens is 2. The lowest BCUT2D eigenvalue weighted by Gasteiger charge is -2.14. The molecule has 3 rings (SSSR count). The maximum Gasteiger partial charge on any atom is 0.263 e.